The van der Waals surface area contributed by atoms with Crippen LogP contribution < -0.4 is 5.32 Å². The topological polar surface area (TPSA) is 80.6 Å². The number of nitrogens with zero attached hydrogens (tertiary/aromatic N) is 1. The average molecular weight is 346 g/mol. The van der Waals surface area contributed by atoms with Crippen LogP contribution in [0.25, 0.3) is 10.9 Å². The van der Waals surface area contributed by atoms with Crippen LogP contribution in [0, 0.1) is 0 Å². The van der Waals surface area contributed by atoms with Gasteiger partial charge in [0, 0.05) is 29.6 Å². The van der Waals surface area contributed by atoms with Gasteiger partial charge in [-0.15, -0.1) is 0 Å². The number of para-hydroxylation sites is 1. The lowest BCUT2D eigenvalue weighted by Gasteiger charge is -2.32. The van der Waals surface area contributed by atoms with Crippen LogP contribution in [-0.4, -0.2) is 33.4 Å². The fraction of sp³-hybridized carbons (Fsp3) is 0.474. The molecular formula is C19H26N2O4. The molecule has 0 aliphatic carbocycles. The van der Waals surface area contributed by atoms with Gasteiger partial charge in [0.2, 0.25) is 0 Å². The maximum absolute atomic E-state index is 12.1. The molecule has 1 unspecified atom stereocenters. The number of nitrogens with one attached hydrogen (secondary N) is 1. The van der Waals surface area contributed by atoms with Crippen molar-refractivity contribution in [2.45, 2.75) is 51.7 Å². The molecule has 0 fully saturated rings. The minimum absolute atomic E-state index is 0.698. The molecule has 1 aromatic carbocycles. The number of hydrogen-bond donors (Lipinski definition) is 2. The summed E-state index contributed by atoms with van der Waals surface area (Å²) in [4.78, 5) is 24.0. The smallest absolute Gasteiger partial charge is 0.408 e. The second-order valence-corrected chi connectivity index (χ2v) is 7.81. The number of carboxylic acids is 1. The molecule has 6 nitrogen and oxygen atoms in total. The fourth-order valence-corrected chi connectivity index (χ4v) is 2.99. The third kappa shape index (κ3) is 3.95. The van der Waals surface area contributed by atoms with E-state index >= 15 is 0 Å². The van der Waals surface area contributed by atoms with Crippen molar-refractivity contribution in [3.05, 3.63) is 36.0 Å². The zero-order valence-corrected chi connectivity index (χ0v) is 15.6. The lowest BCUT2D eigenvalue weighted by Crippen LogP contribution is -2.53. The Labute approximate surface area is 147 Å². The molecule has 0 saturated heterocycles. The van der Waals surface area contributed by atoms with E-state index in [0.29, 0.717) is 0 Å². The summed E-state index contributed by atoms with van der Waals surface area (Å²) < 4.78 is 7.18. The number of aryl methyl sites for hydroxylation is 1. The van der Waals surface area contributed by atoms with Gasteiger partial charge in [0.1, 0.15) is 11.6 Å². The number of rotatable bonds is 4. The maximum atomic E-state index is 12.1. The van der Waals surface area contributed by atoms with Crippen molar-refractivity contribution in [2.24, 2.45) is 7.05 Å². The van der Waals surface area contributed by atoms with Crippen LogP contribution in [-0.2, 0) is 22.0 Å². The molecule has 0 aliphatic heterocycles. The zero-order valence-electron chi connectivity index (χ0n) is 15.6. The van der Waals surface area contributed by atoms with Gasteiger partial charge in [0.15, 0.2) is 0 Å². The van der Waals surface area contributed by atoms with E-state index in [2.05, 4.69) is 5.32 Å². The highest BCUT2D eigenvalue weighted by Crippen LogP contribution is 2.34. The van der Waals surface area contributed by atoms with Gasteiger partial charge in [-0.1, -0.05) is 32.0 Å². The molecular weight excluding hydrogens is 320 g/mol. The number of fused-ring (bicyclic) bond motifs is 1. The number of aliphatic carboxylic acids is 1. The summed E-state index contributed by atoms with van der Waals surface area (Å²) in [5, 5.41) is 13.2. The summed E-state index contributed by atoms with van der Waals surface area (Å²) in [6.07, 6.45) is 1.17. The summed E-state index contributed by atoms with van der Waals surface area (Å²) >= 11 is 0. The summed E-state index contributed by atoms with van der Waals surface area (Å²) in [5.41, 5.74) is 0.321. The molecule has 25 heavy (non-hydrogen) atoms. The second-order valence-electron chi connectivity index (χ2n) is 7.81. The number of ether oxygens (including phenoxy) is 1. The molecule has 2 rings (SSSR count). The van der Waals surface area contributed by atoms with Gasteiger partial charge < -0.3 is 19.7 Å². The Bertz CT molecular complexity index is 799. The Kier molecular flexibility index (Phi) is 4.84. The van der Waals surface area contributed by atoms with E-state index < -0.39 is 29.1 Å². The van der Waals surface area contributed by atoms with Crippen LogP contribution in [0.15, 0.2) is 30.5 Å². The molecule has 0 radical (unpaired) electrons. The van der Waals surface area contributed by atoms with E-state index in [9.17, 15) is 14.7 Å². The number of benzene rings is 1. The van der Waals surface area contributed by atoms with Crippen molar-refractivity contribution < 1.29 is 19.4 Å². The number of amides is 1. The van der Waals surface area contributed by atoms with Crippen LogP contribution in [0.1, 0.15) is 40.2 Å². The van der Waals surface area contributed by atoms with Gasteiger partial charge in [0.05, 0.1) is 0 Å². The Morgan fingerprint density at radius 2 is 1.76 bits per heavy atom. The van der Waals surface area contributed by atoms with Gasteiger partial charge in [-0.3, -0.25) is 0 Å². The molecule has 2 N–H and O–H groups in total. The third-order valence-electron chi connectivity index (χ3n) is 4.22. The van der Waals surface area contributed by atoms with E-state index in [1.165, 1.54) is 0 Å². The minimum atomic E-state index is -1.13. The molecule has 1 aromatic heterocycles. The zero-order chi connectivity index (χ0) is 19.0. The predicted octanol–water partition coefficient (Wildman–Crippen LogP) is 3.43. The van der Waals surface area contributed by atoms with Gasteiger partial charge >= 0.3 is 12.1 Å². The molecule has 2 aromatic rings. The van der Waals surface area contributed by atoms with E-state index in [-0.39, 0.29) is 0 Å². The largest absolute Gasteiger partial charge is 0.480 e. The normalized spacial score (nSPS) is 13.5. The second kappa shape index (κ2) is 6.43. The van der Waals surface area contributed by atoms with E-state index in [1.54, 1.807) is 20.8 Å². The lowest BCUT2D eigenvalue weighted by atomic mass is 9.77. The van der Waals surface area contributed by atoms with Crippen LogP contribution in [0.5, 0.6) is 0 Å². The van der Waals surface area contributed by atoms with Crippen LogP contribution >= 0.6 is 0 Å². The first-order valence-corrected chi connectivity index (χ1v) is 8.20. The van der Waals surface area contributed by atoms with Crippen LogP contribution in [0.2, 0.25) is 0 Å². The van der Waals surface area contributed by atoms with Crippen molar-refractivity contribution in [3.63, 3.8) is 0 Å². The monoisotopic (exact) mass is 346 g/mol. The van der Waals surface area contributed by atoms with Crippen molar-refractivity contribution >= 4 is 23.0 Å². The minimum Gasteiger partial charge on any atom is -0.480 e. The van der Waals surface area contributed by atoms with Crippen molar-refractivity contribution in [1.82, 2.24) is 9.88 Å². The number of carbonyl (C=O) groups excluding carboxylic acids is 1. The average Bonchev–Trinajstić information content (AvgIpc) is 2.81. The molecule has 1 atom stereocenters. The molecule has 1 amide bonds. The predicted molar refractivity (Wildman–Crippen MR) is 96.7 cm³/mol. The van der Waals surface area contributed by atoms with E-state index in [1.807, 2.05) is 55.9 Å². The van der Waals surface area contributed by atoms with Gasteiger partial charge in [-0.25, -0.2) is 9.59 Å². The number of aromatic nitrogens is 1. The number of hydrogen-bond acceptors (Lipinski definition) is 3. The van der Waals surface area contributed by atoms with Crippen molar-refractivity contribution in [2.75, 3.05) is 0 Å². The first kappa shape index (κ1) is 18.8. The van der Waals surface area contributed by atoms with E-state index in [4.69, 9.17) is 4.74 Å². The first-order chi connectivity index (χ1) is 11.4. The summed E-state index contributed by atoms with van der Waals surface area (Å²) in [7, 11) is 1.92. The summed E-state index contributed by atoms with van der Waals surface area (Å²) in [6.45, 7) is 8.82. The molecule has 0 spiro atoms. The van der Waals surface area contributed by atoms with Crippen molar-refractivity contribution in [3.8, 4) is 0 Å². The molecule has 136 valence electrons. The number of alkyl carbamates (subject to hydrolysis) is 1. The lowest BCUT2D eigenvalue weighted by molar-refractivity contribution is -0.141. The molecule has 0 saturated carbocycles. The SMILES string of the molecule is Cn1cc(C(C)(C)C(NC(=O)OC(C)(C)C)C(=O)O)c2ccccc21. The highest BCUT2D eigenvalue weighted by Gasteiger charge is 2.40. The summed E-state index contributed by atoms with van der Waals surface area (Å²) in [6, 6.07) is 6.66. The Hall–Kier alpha value is -2.50. The molecule has 0 aliphatic rings. The highest BCUT2D eigenvalue weighted by atomic mass is 16.6. The first-order valence-electron chi connectivity index (χ1n) is 8.20. The number of carbonyl (C=O) groups is 2. The molecule has 1 heterocycles. The highest BCUT2D eigenvalue weighted by molar-refractivity contribution is 5.88. The Morgan fingerprint density at radius 3 is 2.32 bits per heavy atom. The van der Waals surface area contributed by atoms with E-state index in [0.717, 1.165) is 16.5 Å². The third-order valence-corrected chi connectivity index (χ3v) is 4.22. The van der Waals surface area contributed by atoms with Crippen LogP contribution in [0.3, 0.4) is 0 Å². The molecule has 6 heteroatoms. The van der Waals surface area contributed by atoms with Crippen LogP contribution in [0.4, 0.5) is 4.79 Å². The Balaban J connectivity index is 2.42. The standard InChI is InChI=1S/C19H26N2O4/c1-18(2,3)25-17(24)20-15(16(22)23)19(4,5)13-11-21(6)14-10-8-7-9-12(13)14/h7-11,15H,1-6H3,(H,20,24)(H,22,23). The van der Waals surface area contributed by atoms with Gasteiger partial charge in [-0.2, -0.15) is 0 Å². The van der Waals surface area contributed by atoms with Crippen molar-refractivity contribution in [1.29, 1.82) is 0 Å². The maximum Gasteiger partial charge on any atom is 0.408 e. The molecule has 0 bridgehead atoms. The Morgan fingerprint density at radius 1 is 1.16 bits per heavy atom. The van der Waals surface area contributed by atoms with Gasteiger partial charge in [-0.05, 0) is 32.4 Å². The van der Waals surface area contributed by atoms with Gasteiger partial charge in [0.25, 0.3) is 0 Å². The summed E-state index contributed by atoms with van der Waals surface area (Å²) in [5.74, 6) is -1.11. The fourth-order valence-electron chi connectivity index (χ4n) is 2.99. The quantitative estimate of drug-likeness (QED) is 0.889. The number of carboxylic acid groups (broad SMARTS) is 1.